The van der Waals surface area contributed by atoms with Gasteiger partial charge in [-0.25, -0.2) is 4.79 Å². The Morgan fingerprint density at radius 1 is 1.40 bits per heavy atom. The van der Waals surface area contributed by atoms with Gasteiger partial charge in [0.1, 0.15) is 11.5 Å². The van der Waals surface area contributed by atoms with E-state index in [2.05, 4.69) is 0 Å². The van der Waals surface area contributed by atoms with Gasteiger partial charge in [0.2, 0.25) is 0 Å². The van der Waals surface area contributed by atoms with E-state index in [1.807, 2.05) is 0 Å². The van der Waals surface area contributed by atoms with Crippen LogP contribution in [0.2, 0.25) is 0 Å². The van der Waals surface area contributed by atoms with Gasteiger partial charge in [0.25, 0.3) is 0 Å². The van der Waals surface area contributed by atoms with Crippen LogP contribution in [0.5, 0.6) is 11.5 Å². The number of aromatic carboxylic acids is 1. The summed E-state index contributed by atoms with van der Waals surface area (Å²) in [4.78, 5) is 10.9. The number of rotatable bonds is 3. The zero-order chi connectivity index (χ0) is 11.6. The van der Waals surface area contributed by atoms with Gasteiger partial charge in [-0.2, -0.15) is 0 Å². The second-order valence-corrected chi connectivity index (χ2v) is 3.00. The number of nitrogens with two attached hydrogens (primary N) is 1. The SMILES string of the molecule is COc1cc(C(=O)O)c(N)c(OC)c1C. The minimum absolute atomic E-state index is 0.0192. The lowest BCUT2D eigenvalue weighted by Crippen LogP contribution is -2.06. The van der Waals surface area contributed by atoms with Crippen LogP contribution < -0.4 is 15.2 Å². The van der Waals surface area contributed by atoms with Crippen molar-refractivity contribution < 1.29 is 19.4 Å². The van der Waals surface area contributed by atoms with Crippen molar-refractivity contribution in [3.63, 3.8) is 0 Å². The van der Waals surface area contributed by atoms with Crippen molar-refractivity contribution in [1.82, 2.24) is 0 Å². The smallest absolute Gasteiger partial charge is 0.338 e. The molecule has 0 aliphatic carbocycles. The number of methoxy groups -OCH3 is 2. The van der Waals surface area contributed by atoms with Crippen LogP contribution in [0, 0.1) is 6.92 Å². The van der Waals surface area contributed by atoms with Gasteiger partial charge >= 0.3 is 5.97 Å². The maximum Gasteiger partial charge on any atom is 0.338 e. The van der Waals surface area contributed by atoms with Crippen molar-refractivity contribution in [1.29, 1.82) is 0 Å². The molecule has 0 amide bonds. The standard InChI is InChI=1S/C10H13NO4/c1-5-7(14-2)4-6(10(12)13)8(11)9(5)15-3/h4H,11H2,1-3H3,(H,12,13). The van der Waals surface area contributed by atoms with Crippen molar-refractivity contribution >= 4 is 11.7 Å². The molecule has 82 valence electrons. The van der Waals surface area contributed by atoms with Crippen LogP contribution in [0.3, 0.4) is 0 Å². The lowest BCUT2D eigenvalue weighted by atomic mass is 10.1. The normalized spacial score (nSPS) is 9.80. The van der Waals surface area contributed by atoms with Crippen LogP contribution in [0.25, 0.3) is 0 Å². The summed E-state index contributed by atoms with van der Waals surface area (Å²) >= 11 is 0. The Balaban J connectivity index is 3.51. The largest absolute Gasteiger partial charge is 0.496 e. The molecule has 0 radical (unpaired) electrons. The van der Waals surface area contributed by atoms with Gasteiger partial charge in [0, 0.05) is 5.56 Å². The van der Waals surface area contributed by atoms with Gasteiger partial charge < -0.3 is 20.3 Å². The molecule has 0 fully saturated rings. The van der Waals surface area contributed by atoms with E-state index in [4.69, 9.17) is 20.3 Å². The van der Waals surface area contributed by atoms with E-state index in [0.717, 1.165) is 0 Å². The second-order valence-electron chi connectivity index (χ2n) is 3.00. The van der Waals surface area contributed by atoms with Crippen molar-refractivity contribution in [2.45, 2.75) is 6.92 Å². The quantitative estimate of drug-likeness (QED) is 0.736. The van der Waals surface area contributed by atoms with Gasteiger partial charge in [-0.3, -0.25) is 0 Å². The molecule has 0 spiro atoms. The summed E-state index contributed by atoms with van der Waals surface area (Å²) in [5.41, 5.74) is 6.44. The van der Waals surface area contributed by atoms with E-state index >= 15 is 0 Å². The molecule has 0 saturated carbocycles. The van der Waals surface area contributed by atoms with Gasteiger partial charge in [-0.1, -0.05) is 0 Å². The van der Waals surface area contributed by atoms with Crippen LogP contribution in [0.1, 0.15) is 15.9 Å². The lowest BCUT2D eigenvalue weighted by Gasteiger charge is -2.14. The van der Waals surface area contributed by atoms with Crippen molar-refractivity contribution in [2.24, 2.45) is 0 Å². The molecule has 0 atom stereocenters. The topological polar surface area (TPSA) is 81.8 Å². The molecule has 5 nitrogen and oxygen atoms in total. The molecule has 1 aromatic carbocycles. The fraction of sp³-hybridized carbons (Fsp3) is 0.300. The molecule has 1 aromatic rings. The van der Waals surface area contributed by atoms with E-state index < -0.39 is 5.97 Å². The zero-order valence-corrected chi connectivity index (χ0v) is 8.83. The fourth-order valence-electron chi connectivity index (χ4n) is 1.41. The summed E-state index contributed by atoms with van der Waals surface area (Å²) in [6, 6.07) is 1.38. The molecule has 5 heteroatoms. The average molecular weight is 211 g/mol. The summed E-state index contributed by atoms with van der Waals surface area (Å²) in [5.74, 6) is -0.325. The van der Waals surface area contributed by atoms with Crippen molar-refractivity contribution in [3.05, 3.63) is 17.2 Å². The number of benzene rings is 1. The molecule has 0 aliphatic rings. The first kappa shape index (κ1) is 11.2. The number of hydrogen-bond donors (Lipinski definition) is 2. The Bertz CT molecular complexity index is 401. The van der Waals surface area contributed by atoms with E-state index in [1.165, 1.54) is 20.3 Å². The number of carboxylic acids is 1. The fourth-order valence-corrected chi connectivity index (χ4v) is 1.41. The Morgan fingerprint density at radius 2 is 2.00 bits per heavy atom. The van der Waals surface area contributed by atoms with Crippen LogP contribution in [0.15, 0.2) is 6.07 Å². The van der Waals surface area contributed by atoms with Crippen molar-refractivity contribution in [2.75, 3.05) is 20.0 Å². The highest BCUT2D eigenvalue weighted by Crippen LogP contribution is 2.36. The minimum Gasteiger partial charge on any atom is -0.496 e. The summed E-state index contributed by atoms with van der Waals surface area (Å²) in [6.07, 6.45) is 0. The maximum absolute atomic E-state index is 10.9. The maximum atomic E-state index is 10.9. The van der Waals surface area contributed by atoms with Crippen LogP contribution in [-0.4, -0.2) is 25.3 Å². The highest BCUT2D eigenvalue weighted by atomic mass is 16.5. The Labute approximate surface area is 87.4 Å². The number of nitrogen functional groups attached to an aromatic ring is 1. The van der Waals surface area contributed by atoms with Crippen molar-refractivity contribution in [3.8, 4) is 11.5 Å². The molecule has 15 heavy (non-hydrogen) atoms. The van der Waals surface area contributed by atoms with E-state index in [9.17, 15) is 4.79 Å². The summed E-state index contributed by atoms with van der Waals surface area (Å²) in [7, 11) is 2.90. The predicted octanol–water partition coefficient (Wildman–Crippen LogP) is 1.29. The highest BCUT2D eigenvalue weighted by molar-refractivity contribution is 5.96. The summed E-state index contributed by atoms with van der Waals surface area (Å²) < 4.78 is 10.1. The Hall–Kier alpha value is -1.91. The molecular formula is C10H13NO4. The number of ether oxygens (including phenoxy) is 2. The number of anilines is 1. The first-order chi connectivity index (χ1) is 7.02. The van der Waals surface area contributed by atoms with E-state index in [1.54, 1.807) is 6.92 Å². The van der Waals surface area contributed by atoms with Gasteiger partial charge in [0.05, 0.1) is 25.5 Å². The summed E-state index contributed by atoms with van der Waals surface area (Å²) in [5, 5.41) is 8.91. The lowest BCUT2D eigenvalue weighted by molar-refractivity contribution is 0.0697. The molecule has 0 saturated heterocycles. The van der Waals surface area contributed by atoms with E-state index in [-0.39, 0.29) is 11.3 Å². The predicted molar refractivity (Wildman–Crippen MR) is 55.7 cm³/mol. The summed E-state index contributed by atoms with van der Waals surface area (Å²) in [6.45, 7) is 1.75. The molecule has 0 aliphatic heterocycles. The Morgan fingerprint density at radius 3 is 2.40 bits per heavy atom. The zero-order valence-electron chi connectivity index (χ0n) is 8.83. The van der Waals surface area contributed by atoms with Gasteiger partial charge in [-0.15, -0.1) is 0 Å². The third kappa shape index (κ3) is 1.81. The van der Waals surface area contributed by atoms with Crippen LogP contribution >= 0.6 is 0 Å². The first-order valence-electron chi connectivity index (χ1n) is 4.27. The molecule has 0 heterocycles. The third-order valence-corrected chi connectivity index (χ3v) is 2.17. The molecule has 0 aromatic heterocycles. The second kappa shape index (κ2) is 4.08. The van der Waals surface area contributed by atoms with Gasteiger partial charge in [0.15, 0.2) is 0 Å². The van der Waals surface area contributed by atoms with E-state index in [0.29, 0.717) is 17.1 Å². The van der Waals surface area contributed by atoms with Crippen LogP contribution in [0.4, 0.5) is 5.69 Å². The molecule has 0 unspecified atom stereocenters. The molecule has 0 bridgehead atoms. The van der Waals surface area contributed by atoms with Crippen LogP contribution in [-0.2, 0) is 0 Å². The minimum atomic E-state index is -1.11. The molecule has 3 N–H and O–H groups in total. The number of hydrogen-bond acceptors (Lipinski definition) is 4. The highest BCUT2D eigenvalue weighted by Gasteiger charge is 2.18. The monoisotopic (exact) mass is 211 g/mol. The molecular weight excluding hydrogens is 198 g/mol. The number of carbonyl (C=O) groups is 1. The third-order valence-electron chi connectivity index (χ3n) is 2.17. The molecule has 1 rings (SSSR count). The first-order valence-corrected chi connectivity index (χ1v) is 4.27. The van der Waals surface area contributed by atoms with Gasteiger partial charge in [-0.05, 0) is 13.0 Å². The number of carboxylic acid groups (broad SMARTS) is 1. The Kier molecular flexibility index (Phi) is 3.04. The average Bonchev–Trinajstić information content (AvgIpc) is 2.18.